The normalized spacial score (nSPS) is 14.7. The lowest BCUT2D eigenvalue weighted by Gasteiger charge is -2.22. The van der Waals surface area contributed by atoms with E-state index in [0.29, 0.717) is 11.4 Å². The Morgan fingerprint density at radius 1 is 1.31 bits per heavy atom. The topological polar surface area (TPSA) is 88.1 Å². The Labute approximate surface area is 153 Å². The van der Waals surface area contributed by atoms with Gasteiger partial charge in [-0.05, 0) is 23.1 Å². The molecule has 1 aromatic rings. The molecule has 0 bridgehead atoms. The second kappa shape index (κ2) is 7.78. The lowest BCUT2D eigenvalue weighted by Crippen LogP contribution is -2.31. The predicted molar refractivity (Wildman–Crippen MR) is 98.0 cm³/mol. The Morgan fingerprint density at radius 3 is 2.54 bits per heavy atom. The minimum absolute atomic E-state index is 0.0924. The Balaban J connectivity index is 2.46. The maximum atomic E-state index is 12.7. The minimum Gasteiger partial charge on any atom is -0.495 e. The van der Waals surface area contributed by atoms with Crippen LogP contribution in [0.5, 0.6) is 5.75 Å². The van der Waals surface area contributed by atoms with E-state index >= 15 is 0 Å². The number of carbonyl (C=O) groups is 2. The molecule has 2 N–H and O–H groups in total. The molecule has 1 amide bonds. The molecule has 0 aromatic heterocycles. The number of aliphatic hydroxyl groups excluding tert-OH is 1. The smallest absolute Gasteiger partial charge is 0.337 e. The molecule has 0 atom stereocenters. The van der Waals surface area contributed by atoms with E-state index in [1.54, 1.807) is 7.11 Å². The van der Waals surface area contributed by atoms with E-state index in [4.69, 9.17) is 14.6 Å². The van der Waals surface area contributed by atoms with Crippen LogP contribution in [0.1, 0.15) is 26.3 Å². The molecule has 1 aliphatic heterocycles. The highest BCUT2D eigenvalue weighted by atomic mass is 16.5. The Bertz CT molecular complexity index is 734. The molecule has 0 fully saturated rings. The number of hydrogen-bond donors (Lipinski definition) is 2. The summed E-state index contributed by atoms with van der Waals surface area (Å²) in [4.78, 5) is 26.2. The van der Waals surface area contributed by atoms with Crippen molar-refractivity contribution in [2.45, 2.75) is 26.2 Å². The molecule has 0 saturated carbocycles. The van der Waals surface area contributed by atoms with E-state index < -0.39 is 5.97 Å². The number of amides is 1. The average Bonchev–Trinajstić information content (AvgIpc) is 2.90. The van der Waals surface area contributed by atoms with Crippen molar-refractivity contribution >= 4 is 17.6 Å². The van der Waals surface area contributed by atoms with Crippen molar-refractivity contribution < 1.29 is 24.2 Å². The van der Waals surface area contributed by atoms with Gasteiger partial charge in [-0.1, -0.05) is 26.8 Å². The molecule has 1 heterocycles. The van der Waals surface area contributed by atoms with Gasteiger partial charge in [-0.3, -0.25) is 4.79 Å². The molecule has 0 radical (unpaired) electrons. The van der Waals surface area contributed by atoms with Crippen LogP contribution in [-0.2, 0) is 19.7 Å². The third-order valence-electron chi connectivity index (χ3n) is 4.28. The van der Waals surface area contributed by atoms with Crippen molar-refractivity contribution in [2.75, 3.05) is 39.2 Å². The van der Waals surface area contributed by atoms with E-state index in [2.05, 4.69) is 26.1 Å². The number of aliphatic hydroxyl groups is 1. The van der Waals surface area contributed by atoms with Gasteiger partial charge in [0.2, 0.25) is 0 Å². The van der Waals surface area contributed by atoms with Crippen molar-refractivity contribution in [2.24, 2.45) is 0 Å². The molecule has 0 aliphatic carbocycles. The van der Waals surface area contributed by atoms with Gasteiger partial charge < -0.3 is 24.8 Å². The second-order valence-corrected chi connectivity index (χ2v) is 7.09. The summed E-state index contributed by atoms with van der Waals surface area (Å²) in [6.07, 6.45) is 0. The minimum atomic E-state index is -0.577. The molecule has 1 aromatic carbocycles. The maximum absolute atomic E-state index is 12.7. The van der Waals surface area contributed by atoms with Gasteiger partial charge in [0.1, 0.15) is 11.4 Å². The van der Waals surface area contributed by atoms with Gasteiger partial charge in [0.15, 0.2) is 0 Å². The summed E-state index contributed by atoms with van der Waals surface area (Å²) >= 11 is 0. The maximum Gasteiger partial charge on any atom is 0.337 e. The summed E-state index contributed by atoms with van der Waals surface area (Å²) in [6, 6.07) is 5.70. The summed E-state index contributed by atoms with van der Waals surface area (Å²) in [5.74, 6) is -0.377. The van der Waals surface area contributed by atoms with Gasteiger partial charge in [-0.2, -0.15) is 0 Å². The zero-order chi connectivity index (χ0) is 19.5. The third kappa shape index (κ3) is 3.99. The monoisotopic (exact) mass is 362 g/mol. The lowest BCUT2D eigenvalue weighted by molar-refractivity contribution is -0.136. The number of nitrogens with zero attached hydrogens (tertiary/aromatic N) is 1. The molecule has 1 aliphatic rings. The molecule has 0 saturated heterocycles. The summed E-state index contributed by atoms with van der Waals surface area (Å²) in [5, 5.41) is 12.2. The van der Waals surface area contributed by atoms with Gasteiger partial charge in [-0.15, -0.1) is 0 Å². The number of methoxy groups -OCH3 is 2. The molecular weight excluding hydrogens is 336 g/mol. The molecule has 7 heteroatoms. The van der Waals surface area contributed by atoms with Crippen molar-refractivity contribution in [1.82, 2.24) is 4.90 Å². The van der Waals surface area contributed by atoms with Crippen molar-refractivity contribution in [3.8, 4) is 5.75 Å². The zero-order valence-corrected chi connectivity index (χ0v) is 15.9. The molecular formula is C19H26N2O5. The highest BCUT2D eigenvalue weighted by molar-refractivity contribution is 6.08. The summed E-state index contributed by atoms with van der Waals surface area (Å²) in [5.41, 5.74) is 1.93. The first-order valence-electron chi connectivity index (χ1n) is 8.40. The van der Waals surface area contributed by atoms with E-state index in [1.807, 2.05) is 18.2 Å². The SMILES string of the molecule is COC(=O)C1=C(Nc2cc(C(C)(C)C)ccc2OC)C(=O)N(CCO)C1. The van der Waals surface area contributed by atoms with Crippen LogP contribution in [0.2, 0.25) is 0 Å². The first-order chi connectivity index (χ1) is 12.2. The largest absolute Gasteiger partial charge is 0.495 e. The quantitative estimate of drug-likeness (QED) is 0.749. The fourth-order valence-corrected chi connectivity index (χ4v) is 2.76. The highest BCUT2D eigenvalue weighted by Crippen LogP contribution is 2.33. The Kier molecular flexibility index (Phi) is 5.92. The molecule has 7 nitrogen and oxygen atoms in total. The van der Waals surface area contributed by atoms with Crippen LogP contribution < -0.4 is 10.1 Å². The third-order valence-corrected chi connectivity index (χ3v) is 4.28. The van der Waals surface area contributed by atoms with Gasteiger partial charge in [0.25, 0.3) is 5.91 Å². The van der Waals surface area contributed by atoms with E-state index in [9.17, 15) is 9.59 Å². The summed E-state index contributed by atoms with van der Waals surface area (Å²) < 4.78 is 10.2. The van der Waals surface area contributed by atoms with E-state index in [-0.39, 0.29) is 42.3 Å². The van der Waals surface area contributed by atoms with Gasteiger partial charge in [-0.25, -0.2) is 4.79 Å². The number of β-amino-alcohol motifs (C(OH)–C–C–N with tert-alkyl or cyclic N) is 1. The number of anilines is 1. The van der Waals surface area contributed by atoms with Crippen molar-refractivity contribution in [3.63, 3.8) is 0 Å². The van der Waals surface area contributed by atoms with Crippen LogP contribution >= 0.6 is 0 Å². The van der Waals surface area contributed by atoms with Crippen molar-refractivity contribution in [3.05, 3.63) is 35.0 Å². The zero-order valence-electron chi connectivity index (χ0n) is 15.9. The number of esters is 1. The number of rotatable bonds is 6. The average molecular weight is 362 g/mol. The summed E-state index contributed by atoms with van der Waals surface area (Å²) in [7, 11) is 2.81. The van der Waals surface area contributed by atoms with Crippen molar-refractivity contribution in [1.29, 1.82) is 0 Å². The highest BCUT2D eigenvalue weighted by Gasteiger charge is 2.35. The van der Waals surface area contributed by atoms with Crippen LogP contribution in [0.3, 0.4) is 0 Å². The number of ether oxygens (including phenoxy) is 2. The molecule has 142 valence electrons. The number of benzene rings is 1. The molecule has 0 unspecified atom stereocenters. The number of nitrogens with one attached hydrogen (secondary N) is 1. The summed E-state index contributed by atoms with van der Waals surface area (Å²) in [6.45, 7) is 6.31. The number of carbonyl (C=O) groups excluding carboxylic acids is 2. The number of hydrogen-bond acceptors (Lipinski definition) is 6. The molecule has 26 heavy (non-hydrogen) atoms. The molecule has 2 rings (SSSR count). The van der Waals surface area contributed by atoms with Gasteiger partial charge in [0.05, 0.1) is 38.6 Å². The Hall–Kier alpha value is -2.54. The van der Waals surface area contributed by atoms with E-state index in [0.717, 1.165) is 5.56 Å². The first-order valence-corrected chi connectivity index (χ1v) is 8.40. The standard InChI is InChI=1S/C19H26N2O5/c1-19(2,3)12-6-7-15(25-4)14(10-12)20-16-13(18(24)26-5)11-21(8-9-22)17(16)23/h6-7,10,20,22H,8-9,11H2,1-5H3. The van der Waals surface area contributed by atoms with E-state index in [1.165, 1.54) is 12.0 Å². The van der Waals surface area contributed by atoms with Gasteiger partial charge in [0, 0.05) is 6.54 Å². The lowest BCUT2D eigenvalue weighted by atomic mass is 9.87. The van der Waals surface area contributed by atoms with Crippen LogP contribution in [0.4, 0.5) is 5.69 Å². The first kappa shape index (κ1) is 19.8. The Morgan fingerprint density at radius 2 is 2.00 bits per heavy atom. The van der Waals surface area contributed by atoms with Crippen LogP contribution in [0, 0.1) is 0 Å². The fourth-order valence-electron chi connectivity index (χ4n) is 2.76. The molecule has 0 spiro atoms. The van der Waals surface area contributed by atoms with Crippen LogP contribution in [-0.4, -0.2) is 55.8 Å². The predicted octanol–water partition coefficient (Wildman–Crippen LogP) is 1.67. The van der Waals surface area contributed by atoms with Crippen LogP contribution in [0.25, 0.3) is 0 Å². The second-order valence-electron chi connectivity index (χ2n) is 7.09. The van der Waals surface area contributed by atoms with Gasteiger partial charge >= 0.3 is 5.97 Å². The fraction of sp³-hybridized carbons (Fsp3) is 0.474. The van der Waals surface area contributed by atoms with Crippen LogP contribution in [0.15, 0.2) is 29.5 Å².